The summed E-state index contributed by atoms with van der Waals surface area (Å²) in [5.41, 5.74) is 3.07. The van der Waals surface area contributed by atoms with Crippen LogP contribution < -0.4 is 10.2 Å². The van der Waals surface area contributed by atoms with Crippen molar-refractivity contribution in [2.45, 2.75) is 18.8 Å². The van der Waals surface area contributed by atoms with E-state index >= 15 is 0 Å². The molecule has 0 unspecified atom stereocenters. The minimum Gasteiger partial charge on any atom is -0.366 e. The van der Waals surface area contributed by atoms with Gasteiger partial charge in [-0.15, -0.1) is 0 Å². The molecular weight excluding hydrogens is 296 g/mol. The molecule has 1 aliphatic heterocycles. The van der Waals surface area contributed by atoms with Crippen LogP contribution in [-0.2, 0) is 0 Å². The van der Waals surface area contributed by atoms with Gasteiger partial charge in [0.15, 0.2) is 0 Å². The number of nitrogens with one attached hydrogen (secondary N) is 1. The molecule has 2 heterocycles. The molecule has 0 radical (unpaired) electrons. The Kier molecular flexibility index (Phi) is 3.72. The van der Waals surface area contributed by atoms with Crippen molar-refractivity contribution in [3.63, 3.8) is 0 Å². The average Bonchev–Trinajstić information content (AvgIpc) is 3.41. The third-order valence-corrected chi connectivity index (χ3v) is 4.65. The van der Waals surface area contributed by atoms with Gasteiger partial charge in [0.05, 0.1) is 22.6 Å². The van der Waals surface area contributed by atoms with Crippen molar-refractivity contribution < 1.29 is 0 Å². The number of nitrogens with zero attached hydrogens (tertiary/aromatic N) is 3. The van der Waals surface area contributed by atoms with E-state index in [1.165, 1.54) is 12.8 Å². The van der Waals surface area contributed by atoms with Gasteiger partial charge in [0.1, 0.15) is 5.82 Å². The van der Waals surface area contributed by atoms with Crippen molar-refractivity contribution in [3.05, 3.63) is 41.3 Å². The van der Waals surface area contributed by atoms with E-state index in [4.69, 9.17) is 16.6 Å². The smallest absolute Gasteiger partial charge is 0.132 e. The summed E-state index contributed by atoms with van der Waals surface area (Å²) < 4.78 is 0. The van der Waals surface area contributed by atoms with E-state index in [0.29, 0.717) is 5.92 Å². The fourth-order valence-corrected chi connectivity index (χ4v) is 3.14. The molecule has 0 atom stereocenters. The zero-order valence-corrected chi connectivity index (χ0v) is 13.2. The van der Waals surface area contributed by atoms with Crippen molar-refractivity contribution in [2.75, 3.05) is 31.1 Å². The van der Waals surface area contributed by atoms with E-state index < -0.39 is 0 Å². The van der Waals surface area contributed by atoms with Gasteiger partial charge in [-0.25, -0.2) is 9.97 Å². The minimum absolute atomic E-state index is 0.540. The molecule has 1 saturated carbocycles. The lowest BCUT2D eigenvalue weighted by atomic mass is 10.1. The van der Waals surface area contributed by atoms with Gasteiger partial charge < -0.3 is 10.2 Å². The largest absolute Gasteiger partial charge is 0.366 e. The standard InChI is InChI=1S/C17H19ClN4/c18-14-4-2-1-3-13(14)16-15(22-9-7-19-8-10-22)11-20-17(21-16)12-5-6-12/h1-4,11-12,19H,5-10H2. The zero-order chi connectivity index (χ0) is 14.9. The van der Waals surface area contributed by atoms with E-state index in [1.807, 2.05) is 30.5 Å². The Bertz CT molecular complexity index is 678. The molecule has 2 fully saturated rings. The number of hydrogen-bond acceptors (Lipinski definition) is 4. The molecule has 0 bridgehead atoms. The predicted molar refractivity (Wildman–Crippen MR) is 89.5 cm³/mol. The number of piperazine rings is 1. The molecule has 5 heteroatoms. The highest BCUT2D eigenvalue weighted by molar-refractivity contribution is 6.33. The number of aromatic nitrogens is 2. The SMILES string of the molecule is Clc1ccccc1-c1nc(C2CC2)ncc1N1CCNCC1. The third kappa shape index (κ3) is 2.69. The van der Waals surface area contributed by atoms with E-state index in [9.17, 15) is 0 Å². The number of hydrogen-bond donors (Lipinski definition) is 1. The summed E-state index contributed by atoms with van der Waals surface area (Å²) in [6.45, 7) is 3.94. The lowest BCUT2D eigenvalue weighted by molar-refractivity contribution is 0.588. The second-order valence-electron chi connectivity index (χ2n) is 5.95. The Balaban J connectivity index is 1.81. The lowest BCUT2D eigenvalue weighted by Crippen LogP contribution is -2.43. The van der Waals surface area contributed by atoms with Gasteiger partial charge in [-0.3, -0.25) is 0 Å². The fourth-order valence-electron chi connectivity index (χ4n) is 2.92. The Morgan fingerprint density at radius 1 is 1.14 bits per heavy atom. The molecule has 0 spiro atoms. The zero-order valence-electron chi connectivity index (χ0n) is 12.4. The van der Waals surface area contributed by atoms with E-state index in [1.54, 1.807) is 0 Å². The normalized spacial score (nSPS) is 18.5. The van der Waals surface area contributed by atoms with Crippen LogP contribution in [0.15, 0.2) is 30.5 Å². The first-order chi connectivity index (χ1) is 10.8. The maximum absolute atomic E-state index is 6.43. The molecule has 1 aromatic heterocycles. The Morgan fingerprint density at radius 2 is 1.91 bits per heavy atom. The van der Waals surface area contributed by atoms with Crippen LogP contribution in [0.2, 0.25) is 5.02 Å². The molecule has 4 rings (SSSR count). The predicted octanol–water partition coefficient (Wildman–Crippen LogP) is 3.08. The van der Waals surface area contributed by atoms with Crippen LogP contribution in [0.5, 0.6) is 0 Å². The highest BCUT2D eigenvalue weighted by Gasteiger charge is 2.28. The summed E-state index contributed by atoms with van der Waals surface area (Å²) >= 11 is 6.43. The van der Waals surface area contributed by atoms with Gasteiger partial charge >= 0.3 is 0 Å². The van der Waals surface area contributed by atoms with Crippen molar-refractivity contribution in [3.8, 4) is 11.3 Å². The maximum atomic E-state index is 6.43. The average molecular weight is 315 g/mol. The van der Waals surface area contributed by atoms with Gasteiger partial charge in [-0.1, -0.05) is 29.8 Å². The molecule has 1 aromatic carbocycles. The molecular formula is C17H19ClN4. The van der Waals surface area contributed by atoms with Crippen LogP contribution in [0.1, 0.15) is 24.6 Å². The van der Waals surface area contributed by atoms with Crippen LogP contribution in [0.4, 0.5) is 5.69 Å². The third-order valence-electron chi connectivity index (χ3n) is 4.32. The lowest BCUT2D eigenvalue weighted by Gasteiger charge is -2.30. The van der Waals surface area contributed by atoms with Crippen molar-refractivity contribution in [1.29, 1.82) is 0 Å². The molecule has 2 aromatic rings. The number of halogens is 1. The van der Waals surface area contributed by atoms with Gasteiger partial charge in [0, 0.05) is 37.7 Å². The first kappa shape index (κ1) is 14.0. The molecule has 1 aliphatic carbocycles. The molecule has 1 saturated heterocycles. The van der Waals surface area contributed by atoms with Crippen molar-refractivity contribution in [2.24, 2.45) is 0 Å². The minimum atomic E-state index is 0.540. The summed E-state index contributed by atoms with van der Waals surface area (Å²) in [4.78, 5) is 11.9. The number of benzene rings is 1. The van der Waals surface area contributed by atoms with E-state index in [2.05, 4.69) is 15.2 Å². The highest BCUT2D eigenvalue weighted by atomic mass is 35.5. The van der Waals surface area contributed by atoms with Crippen LogP contribution >= 0.6 is 11.6 Å². The van der Waals surface area contributed by atoms with Crippen LogP contribution in [-0.4, -0.2) is 36.1 Å². The summed E-state index contributed by atoms with van der Waals surface area (Å²) in [6, 6.07) is 7.95. The second-order valence-corrected chi connectivity index (χ2v) is 6.36. The monoisotopic (exact) mass is 314 g/mol. The van der Waals surface area contributed by atoms with Crippen molar-refractivity contribution in [1.82, 2.24) is 15.3 Å². The first-order valence-corrected chi connectivity index (χ1v) is 8.28. The van der Waals surface area contributed by atoms with E-state index in [-0.39, 0.29) is 0 Å². The summed E-state index contributed by atoms with van der Waals surface area (Å²) in [6.07, 6.45) is 4.40. The molecule has 4 nitrogen and oxygen atoms in total. The summed E-state index contributed by atoms with van der Waals surface area (Å²) in [5.74, 6) is 1.51. The van der Waals surface area contributed by atoms with Crippen LogP contribution in [0, 0.1) is 0 Å². The second kappa shape index (κ2) is 5.86. The number of anilines is 1. The van der Waals surface area contributed by atoms with Crippen LogP contribution in [0.25, 0.3) is 11.3 Å². The molecule has 2 aliphatic rings. The topological polar surface area (TPSA) is 41.1 Å². The first-order valence-electron chi connectivity index (χ1n) is 7.90. The fraction of sp³-hybridized carbons (Fsp3) is 0.412. The molecule has 114 valence electrons. The Morgan fingerprint density at radius 3 is 2.64 bits per heavy atom. The molecule has 0 amide bonds. The quantitative estimate of drug-likeness (QED) is 0.945. The maximum Gasteiger partial charge on any atom is 0.132 e. The summed E-state index contributed by atoms with van der Waals surface area (Å²) in [5, 5.41) is 4.14. The highest BCUT2D eigenvalue weighted by Crippen LogP contribution is 2.41. The number of rotatable bonds is 3. The van der Waals surface area contributed by atoms with Gasteiger partial charge in [-0.2, -0.15) is 0 Å². The Labute approximate surface area is 135 Å². The van der Waals surface area contributed by atoms with E-state index in [0.717, 1.165) is 54.0 Å². The van der Waals surface area contributed by atoms with Crippen LogP contribution in [0.3, 0.4) is 0 Å². The van der Waals surface area contributed by atoms with Gasteiger partial charge in [0.2, 0.25) is 0 Å². The Hall–Kier alpha value is -1.65. The molecule has 22 heavy (non-hydrogen) atoms. The van der Waals surface area contributed by atoms with Crippen molar-refractivity contribution >= 4 is 17.3 Å². The summed E-state index contributed by atoms with van der Waals surface area (Å²) in [7, 11) is 0. The van der Waals surface area contributed by atoms with Gasteiger partial charge in [-0.05, 0) is 18.9 Å². The molecule has 1 N–H and O–H groups in total. The van der Waals surface area contributed by atoms with Gasteiger partial charge in [0.25, 0.3) is 0 Å².